The Kier molecular flexibility index (Phi) is 4.08. The molecule has 3 nitrogen and oxygen atoms in total. The highest BCUT2D eigenvalue weighted by molar-refractivity contribution is 7.84. The molecule has 0 spiro atoms. The van der Waals surface area contributed by atoms with E-state index in [1.165, 1.54) is 16.9 Å². The van der Waals surface area contributed by atoms with Gasteiger partial charge in [-0.1, -0.05) is 56.5 Å². The number of thiocarbonyl (C=S) groups is 3. The van der Waals surface area contributed by atoms with E-state index in [2.05, 4.69) is 66.8 Å². The van der Waals surface area contributed by atoms with Crippen molar-refractivity contribution in [3.63, 3.8) is 0 Å². The summed E-state index contributed by atoms with van der Waals surface area (Å²) in [4.78, 5) is 3.34. The lowest BCUT2D eigenvalue weighted by Gasteiger charge is -2.24. The first-order chi connectivity index (χ1) is 10.8. The highest BCUT2D eigenvalue weighted by Gasteiger charge is 2.37. The predicted molar refractivity (Wildman–Crippen MR) is 108 cm³/mol. The molecule has 2 aliphatic heterocycles. The number of likely N-dealkylation sites (N-methyl/N-ethyl adjacent to an activating group) is 1. The number of anilines is 1. The molecule has 0 bridgehead atoms. The molecule has 0 unspecified atom stereocenters. The first kappa shape index (κ1) is 16.2. The standard InChI is InChI=1S/C17H17N3S3/c1-17(2)11-6-4-5-7-12(11)20(3)13(17)9-8-10-14(21)18-16(23)19-15(10)22/h4-9H,1-3H3,(H2,18,19,21,22,23)/b13-9-. The minimum atomic E-state index is -0.0730. The number of nitrogens with zero attached hydrogens (tertiary/aromatic N) is 1. The van der Waals surface area contributed by atoms with Gasteiger partial charge in [0.05, 0.1) is 0 Å². The van der Waals surface area contributed by atoms with Gasteiger partial charge in [0.2, 0.25) is 0 Å². The van der Waals surface area contributed by atoms with Gasteiger partial charge in [0.25, 0.3) is 0 Å². The van der Waals surface area contributed by atoms with Crippen molar-refractivity contribution in [1.82, 2.24) is 10.6 Å². The number of fused-ring (bicyclic) bond motifs is 1. The van der Waals surface area contributed by atoms with Gasteiger partial charge in [-0.3, -0.25) is 0 Å². The van der Waals surface area contributed by atoms with Gasteiger partial charge in [0.15, 0.2) is 5.11 Å². The maximum absolute atomic E-state index is 5.34. The Labute approximate surface area is 152 Å². The van der Waals surface area contributed by atoms with E-state index in [-0.39, 0.29) is 5.41 Å². The molecule has 2 aliphatic rings. The number of hydrogen-bond donors (Lipinski definition) is 2. The molecule has 6 heteroatoms. The normalized spacial score (nSPS) is 21.2. The SMILES string of the molecule is CN1/C(=C\C=C2C(=S)NC(=S)NC2=S)C(C)(C)c2ccccc21. The summed E-state index contributed by atoms with van der Waals surface area (Å²) in [7, 11) is 2.08. The second-order valence-electron chi connectivity index (χ2n) is 6.07. The third-order valence-electron chi connectivity index (χ3n) is 4.29. The Bertz CT molecular complexity index is 768. The number of rotatable bonds is 1. The largest absolute Gasteiger partial charge is 0.347 e. The molecule has 1 aromatic carbocycles. The van der Waals surface area contributed by atoms with Gasteiger partial charge in [0, 0.05) is 29.4 Å². The number of para-hydroxylation sites is 1. The van der Waals surface area contributed by atoms with E-state index in [4.69, 9.17) is 36.7 Å². The number of allylic oxidation sites excluding steroid dienone is 3. The van der Waals surface area contributed by atoms with Gasteiger partial charge in [0.1, 0.15) is 9.98 Å². The van der Waals surface area contributed by atoms with Crippen LogP contribution in [0.1, 0.15) is 19.4 Å². The smallest absolute Gasteiger partial charge is 0.176 e. The van der Waals surface area contributed by atoms with Crippen molar-refractivity contribution in [3.05, 3.63) is 53.3 Å². The Morgan fingerprint density at radius 3 is 2.22 bits per heavy atom. The van der Waals surface area contributed by atoms with Crippen molar-refractivity contribution in [1.29, 1.82) is 0 Å². The van der Waals surface area contributed by atoms with Crippen molar-refractivity contribution in [3.8, 4) is 0 Å². The lowest BCUT2D eigenvalue weighted by Crippen LogP contribution is -2.49. The van der Waals surface area contributed by atoms with Crippen LogP contribution in [0.2, 0.25) is 0 Å². The summed E-state index contributed by atoms with van der Waals surface area (Å²) >= 11 is 15.7. The molecule has 0 saturated carbocycles. The van der Waals surface area contributed by atoms with Gasteiger partial charge in [-0.2, -0.15) is 0 Å². The fourth-order valence-electron chi connectivity index (χ4n) is 3.09. The summed E-state index contributed by atoms with van der Waals surface area (Å²) in [6, 6.07) is 8.46. The van der Waals surface area contributed by atoms with Crippen LogP contribution < -0.4 is 15.5 Å². The maximum atomic E-state index is 5.34. The Hall–Kier alpha value is -1.63. The van der Waals surface area contributed by atoms with Crippen molar-refractivity contribution < 1.29 is 0 Å². The number of nitrogens with one attached hydrogen (secondary N) is 2. The summed E-state index contributed by atoms with van der Waals surface area (Å²) in [5.41, 5.74) is 4.46. The summed E-state index contributed by atoms with van der Waals surface area (Å²) in [6.45, 7) is 4.45. The highest BCUT2D eigenvalue weighted by atomic mass is 32.1. The molecule has 1 saturated heterocycles. The van der Waals surface area contributed by atoms with Gasteiger partial charge in [-0.05, 0) is 36.0 Å². The van der Waals surface area contributed by atoms with Gasteiger partial charge in [-0.15, -0.1) is 0 Å². The first-order valence-electron chi connectivity index (χ1n) is 7.24. The fourth-order valence-corrected chi connectivity index (χ4v) is 4.03. The third kappa shape index (κ3) is 2.71. The van der Waals surface area contributed by atoms with Crippen LogP contribution in [0.15, 0.2) is 47.7 Å². The van der Waals surface area contributed by atoms with E-state index in [0.29, 0.717) is 15.1 Å². The lowest BCUT2D eigenvalue weighted by molar-refractivity contribution is 0.640. The molecule has 0 aliphatic carbocycles. The molecule has 0 atom stereocenters. The highest BCUT2D eigenvalue weighted by Crippen LogP contribution is 2.46. The quantitative estimate of drug-likeness (QED) is 0.590. The lowest BCUT2D eigenvalue weighted by atomic mass is 9.83. The zero-order chi connectivity index (χ0) is 16.8. The van der Waals surface area contributed by atoms with E-state index in [0.717, 1.165) is 5.57 Å². The molecule has 1 aromatic rings. The monoisotopic (exact) mass is 359 g/mol. The molecule has 0 aromatic heterocycles. The zero-order valence-corrected chi connectivity index (χ0v) is 15.6. The average molecular weight is 360 g/mol. The minimum Gasteiger partial charge on any atom is -0.347 e. The molecule has 3 rings (SSSR count). The number of hydrogen-bond acceptors (Lipinski definition) is 4. The maximum Gasteiger partial charge on any atom is 0.176 e. The van der Waals surface area contributed by atoms with Crippen LogP contribution in [0.5, 0.6) is 0 Å². The molecule has 2 heterocycles. The molecular weight excluding hydrogens is 342 g/mol. The fraction of sp³-hybridized carbons (Fsp3) is 0.235. The minimum absolute atomic E-state index is 0.0730. The molecule has 0 amide bonds. The summed E-state index contributed by atoms with van der Waals surface area (Å²) < 4.78 is 0. The zero-order valence-electron chi connectivity index (χ0n) is 13.1. The van der Waals surface area contributed by atoms with Crippen molar-refractivity contribution >= 4 is 57.4 Å². The Balaban J connectivity index is 2.01. The molecule has 2 N–H and O–H groups in total. The molecule has 1 fully saturated rings. The number of benzene rings is 1. The van der Waals surface area contributed by atoms with E-state index < -0.39 is 0 Å². The first-order valence-corrected chi connectivity index (χ1v) is 8.47. The average Bonchev–Trinajstić information content (AvgIpc) is 2.67. The van der Waals surface area contributed by atoms with Crippen molar-refractivity contribution in [2.45, 2.75) is 19.3 Å². The Morgan fingerprint density at radius 2 is 1.61 bits per heavy atom. The topological polar surface area (TPSA) is 27.3 Å². The van der Waals surface area contributed by atoms with Crippen molar-refractivity contribution in [2.75, 3.05) is 11.9 Å². The molecule has 23 heavy (non-hydrogen) atoms. The van der Waals surface area contributed by atoms with E-state index in [1.54, 1.807) is 0 Å². The van der Waals surface area contributed by atoms with E-state index in [1.807, 2.05) is 6.08 Å². The second kappa shape index (κ2) is 5.78. The van der Waals surface area contributed by atoms with Gasteiger partial charge < -0.3 is 15.5 Å². The van der Waals surface area contributed by atoms with E-state index in [9.17, 15) is 0 Å². The van der Waals surface area contributed by atoms with Crippen LogP contribution in [-0.2, 0) is 5.41 Å². The second-order valence-corrected chi connectivity index (χ2v) is 7.30. The van der Waals surface area contributed by atoms with Crippen LogP contribution in [0.4, 0.5) is 5.69 Å². The van der Waals surface area contributed by atoms with Crippen LogP contribution in [-0.4, -0.2) is 22.1 Å². The van der Waals surface area contributed by atoms with Crippen LogP contribution in [0.3, 0.4) is 0 Å². The Morgan fingerprint density at radius 1 is 1.00 bits per heavy atom. The van der Waals surface area contributed by atoms with Crippen LogP contribution in [0.25, 0.3) is 0 Å². The van der Waals surface area contributed by atoms with Crippen LogP contribution >= 0.6 is 36.7 Å². The summed E-state index contributed by atoms with van der Waals surface area (Å²) in [6.07, 6.45) is 4.05. The van der Waals surface area contributed by atoms with Gasteiger partial charge in [-0.25, -0.2) is 0 Å². The third-order valence-corrected chi connectivity index (χ3v) is 5.14. The molecule has 118 valence electrons. The summed E-state index contributed by atoms with van der Waals surface area (Å²) in [5, 5.41) is 6.33. The van der Waals surface area contributed by atoms with Gasteiger partial charge >= 0.3 is 0 Å². The summed E-state index contributed by atoms with van der Waals surface area (Å²) in [5.74, 6) is 0. The van der Waals surface area contributed by atoms with E-state index >= 15 is 0 Å². The van der Waals surface area contributed by atoms with Crippen molar-refractivity contribution in [2.24, 2.45) is 0 Å². The predicted octanol–water partition coefficient (Wildman–Crippen LogP) is 3.36. The van der Waals surface area contributed by atoms with Crippen LogP contribution in [0, 0.1) is 0 Å². The molecular formula is C17H17N3S3. The molecule has 0 radical (unpaired) electrons.